The maximum atomic E-state index is 12.3. The second-order valence-corrected chi connectivity index (χ2v) is 8.86. The number of sulfonamides is 1. The fourth-order valence-corrected chi connectivity index (χ4v) is 3.58. The lowest BCUT2D eigenvalue weighted by Crippen LogP contribution is -2.36. The number of nitrogens with two attached hydrogens (primary N) is 1. The normalized spacial score (nSPS) is 12.8. The average Bonchev–Trinajstić information content (AvgIpc) is 2.61. The molecule has 0 spiro atoms. The predicted molar refractivity (Wildman–Crippen MR) is 109 cm³/mol. The number of rotatable bonds is 8. The third-order valence-corrected chi connectivity index (χ3v) is 5.78. The number of likely N-dealkylation sites (N-methyl/N-ethyl adjacent to an activating group) is 1. The van der Waals surface area contributed by atoms with E-state index in [1.165, 1.54) is 17.0 Å². The van der Waals surface area contributed by atoms with Gasteiger partial charge in [-0.2, -0.15) is 0 Å². The van der Waals surface area contributed by atoms with E-state index in [9.17, 15) is 13.2 Å². The largest absolute Gasteiger partial charge is 0.348 e. The third kappa shape index (κ3) is 6.66. The van der Waals surface area contributed by atoms with Crippen molar-refractivity contribution >= 4 is 27.7 Å². The average molecular weight is 408 g/mol. The van der Waals surface area contributed by atoms with Crippen LogP contribution in [0.3, 0.4) is 0 Å². The summed E-state index contributed by atoms with van der Waals surface area (Å²) in [7, 11) is -1.82. The van der Waals surface area contributed by atoms with Crippen LogP contribution in [0.4, 0.5) is 0 Å². The first-order valence-electron chi connectivity index (χ1n) is 8.42. The van der Waals surface area contributed by atoms with Crippen molar-refractivity contribution in [1.29, 1.82) is 0 Å². The Bertz CT molecular complexity index is 866. The maximum absolute atomic E-state index is 12.3. The van der Waals surface area contributed by atoms with Crippen LogP contribution in [0.2, 0.25) is 0 Å². The van der Waals surface area contributed by atoms with Crippen LogP contribution < -0.4 is 10.5 Å². The number of thioether (sulfide) groups is 1. The molecule has 0 unspecified atom stereocenters. The van der Waals surface area contributed by atoms with Crippen LogP contribution in [0, 0.1) is 0 Å². The van der Waals surface area contributed by atoms with Crippen molar-refractivity contribution in [3.63, 3.8) is 0 Å². The molecular weight excluding hydrogens is 382 g/mol. The molecule has 0 saturated heterocycles. The van der Waals surface area contributed by atoms with Crippen LogP contribution in [0.25, 0.3) is 0 Å². The molecule has 146 valence electrons. The highest BCUT2D eigenvalue weighted by Crippen LogP contribution is 2.17. The predicted octanol–water partition coefficient (Wildman–Crippen LogP) is 2.37. The molecule has 3 N–H and O–H groups in total. The molecule has 6 nitrogen and oxygen atoms in total. The van der Waals surface area contributed by atoms with Gasteiger partial charge >= 0.3 is 0 Å². The molecule has 0 radical (unpaired) electrons. The van der Waals surface area contributed by atoms with Crippen molar-refractivity contribution in [2.24, 2.45) is 5.14 Å². The molecule has 0 aromatic heterocycles. The Morgan fingerprint density at radius 3 is 2.26 bits per heavy atom. The molecule has 2 rings (SSSR count). The summed E-state index contributed by atoms with van der Waals surface area (Å²) >= 11 is 1.70. The third-order valence-electron chi connectivity index (χ3n) is 4.11. The van der Waals surface area contributed by atoms with E-state index in [2.05, 4.69) is 29.6 Å². The Kier molecular flexibility index (Phi) is 7.43. The van der Waals surface area contributed by atoms with Gasteiger partial charge < -0.3 is 5.32 Å². The van der Waals surface area contributed by atoms with E-state index < -0.39 is 10.0 Å². The highest BCUT2D eigenvalue weighted by molar-refractivity contribution is 7.98. The van der Waals surface area contributed by atoms with Crippen molar-refractivity contribution in [1.82, 2.24) is 10.2 Å². The van der Waals surface area contributed by atoms with Gasteiger partial charge in [-0.1, -0.05) is 24.3 Å². The molecule has 27 heavy (non-hydrogen) atoms. The second kappa shape index (κ2) is 9.36. The number of hydrogen-bond acceptors (Lipinski definition) is 5. The summed E-state index contributed by atoms with van der Waals surface area (Å²) in [6, 6.07) is 14.2. The SMILES string of the molecule is CSc1ccc(CN(C)CC(=O)N[C@H](C)c2ccc(S(N)(=O)=O)cc2)cc1. The fourth-order valence-electron chi connectivity index (χ4n) is 2.66. The smallest absolute Gasteiger partial charge is 0.238 e. The van der Waals surface area contributed by atoms with E-state index >= 15 is 0 Å². The lowest BCUT2D eigenvalue weighted by Gasteiger charge is -2.19. The van der Waals surface area contributed by atoms with Gasteiger partial charge in [-0.25, -0.2) is 13.6 Å². The van der Waals surface area contributed by atoms with Gasteiger partial charge in [-0.3, -0.25) is 9.69 Å². The molecule has 0 saturated carbocycles. The van der Waals surface area contributed by atoms with Crippen LogP contribution in [-0.2, 0) is 21.4 Å². The molecule has 0 aliphatic heterocycles. The van der Waals surface area contributed by atoms with Crippen LogP contribution in [0.15, 0.2) is 58.3 Å². The molecule has 1 atom stereocenters. The van der Waals surface area contributed by atoms with Crippen molar-refractivity contribution in [3.8, 4) is 0 Å². The van der Waals surface area contributed by atoms with Gasteiger partial charge in [0.2, 0.25) is 15.9 Å². The van der Waals surface area contributed by atoms with E-state index in [1.807, 2.05) is 25.1 Å². The summed E-state index contributed by atoms with van der Waals surface area (Å²) in [5.74, 6) is -0.0961. The Morgan fingerprint density at radius 2 is 1.74 bits per heavy atom. The van der Waals surface area contributed by atoms with Gasteiger partial charge in [0, 0.05) is 11.4 Å². The number of benzene rings is 2. The summed E-state index contributed by atoms with van der Waals surface area (Å²) in [6.07, 6.45) is 2.04. The van der Waals surface area contributed by atoms with E-state index in [4.69, 9.17) is 5.14 Å². The van der Waals surface area contributed by atoms with Crippen LogP contribution >= 0.6 is 11.8 Å². The molecule has 0 aliphatic rings. The van der Waals surface area contributed by atoms with Crippen molar-refractivity contribution in [3.05, 3.63) is 59.7 Å². The minimum atomic E-state index is -3.71. The summed E-state index contributed by atoms with van der Waals surface area (Å²) in [4.78, 5) is 15.5. The molecule has 0 heterocycles. The molecular formula is C19H25N3O3S2. The number of hydrogen-bond donors (Lipinski definition) is 2. The highest BCUT2D eigenvalue weighted by Gasteiger charge is 2.13. The number of amides is 1. The van der Waals surface area contributed by atoms with Crippen molar-refractivity contribution in [2.75, 3.05) is 19.8 Å². The zero-order valence-corrected chi connectivity index (χ0v) is 17.3. The summed E-state index contributed by atoms with van der Waals surface area (Å²) in [5, 5.41) is 8.02. The first-order valence-corrected chi connectivity index (χ1v) is 11.2. The van der Waals surface area contributed by atoms with Crippen molar-refractivity contribution < 1.29 is 13.2 Å². The lowest BCUT2D eigenvalue weighted by atomic mass is 10.1. The zero-order chi connectivity index (χ0) is 20.0. The Balaban J connectivity index is 1.88. The van der Waals surface area contributed by atoms with Gasteiger partial charge in [-0.05, 0) is 55.6 Å². The van der Waals surface area contributed by atoms with E-state index in [0.717, 1.165) is 11.1 Å². The minimum absolute atomic E-state index is 0.0528. The number of carbonyl (C=O) groups is 1. The van der Waals surface area contributed by atoms with Crippen LogP contribution in [0.1, 0.15) is 24.1 Å². The van der Waals surface area contributed by atoms with E-state index in [0.29, 0.717) is 6.54 Å². The van der Waals surface area contributed by atoms with Gasteiger partial charge in [-0.15, -0.1) is 11.8 Å². The highest BCUT2D eigenvalue weighted by atomic mass is 32.2. The topological polar surface area (TPSA) is 92.5 Å². The minimum Gasteiger partial charge on any atom is -0.348 e. The van der Waals surface area contributed by atoms with E-state index in [1.54, 1.807) is 23.9 Å². The quantitative estimate of drug-likeness (QED) is 0.656. The van der Waals surface area contributed by atoms with Gasteiger partial charge in [0.05, 0.1) is 17.5 Å². The zero-order valence-electron chi connectivity index (χ0n) is 15.7. The van der Waals surface area contributed by atoms with Crippen LogP contribution in [0.5, 0.6) is 0 Å². The fraction of sp³-hybridized carbons (Fsp3) is 0.316. The lowest BCUT2D eigenvalue weighted by molar-refractivity contribution is -0.122. The number of carbonyl (C=O) groups excluding carboxylic acids is 1. The Hall–Kier alpha value is -1.87. The molecule has 2 aromatic carbocycles. The van der Waals surface area contributed by atoms with E-state index in [-0.39, 0.29) is 23.4 Å². The monoisotopic (exact) mass is 407 g/mol. The molecule has 2 aromatic rings. The van der Waals surface area contributed by atoms with Crippen LogP contribution in [-0.4, -0.2) is 39.1 Å². The standard InChI is InChI=1S/C19H25N3O3S2/c1-14(16-6-10-18(11-7-16)27(20,24)25)21-19(23)13-22(2)12-15-4-8-17(26-3)9-5-15/h4-11,14H,12-13H2,1-3H3,(H,21,23)(H2,20,24,25)/t14-/m1/s1. The summed E-state index contributed by atoms with van der Waals surface area (Å²) in [6.45, 7) is 2.80. The Labute approximate surface area is 165 Å². The molecule has 0 bridgehead atoms. The molecule has 0 fully saturated rings. The summed E-state index contributed by atoms with van der Waals surface area (Å²) < 4.78 is 22.6. The first-order chi connectivity index (χ1) is 12.7. The van der Waals surface area contributed by atoms with Gasteiger partial charge in [0.15, 0.2) is 0 Å². The molecule has 8 heteroatoms. The Morgan fingerprint density at radius 1 is 1.15 bits per heavy atom. The molecule has 0 aliphatic carbocycles. The van der Waals surface area contributed by atoms with Gasteiger partial charge in [0.1, 0.15) is 0 Å². The number of nitrogens with zero attached hydrogens (tertiary/aromatic N) is 1. The van der Waals surface area contributed by atoms with Crippen molar-refractivity contribution in [2.45, 2.75) is 29.3 Å². The summed E-state index contributed by atoms with van der Waals surface area (Å²) in [5.41, 5.74) is 1.96. The maximum Gasteiger partial charge on any atom is 0.238 e. The van der Waals surface area contributed by atoms with Gasteiger partial charge in [0.25, 0.3) is 0 Å². The second-order valence-electron chi connectivity index (χ2n) is 6.42. The number of nitrogens with one attached hydrogen (secondary N) is 1. The molecule has 1 amide bonds. The number of primary sulfonamides is 1. The first kappa shape index (κ1) is 21.4.